The lowest BCUT2D eigenvalue weighted by molar-refractivity contribution is -0.150. The van der Waals surface area contributed by atoms with Gasteiger partial charge in [-0.3, -0.25) is 33.8 Å². The summed E-state index contributed by atoms with van der Waals surface area (Å²) in [5, 5.41) is 2.50. The number of hydrogen-bond donors (Lipinski definition) is 4. The monoisotopic (exact) mass is 459 g/mol. The minimum atomic E-state index is -4.77. The minimum absolute atomic E-state index is 0.00917. The molecule has 1 amide bonds. The maximum atomic E-state index is 12.3. The number of esters is 1. The molecule has 2 aromatic rings. The van der Waals surface area contributed by atoms with E-state index in [0.29, 0.717) is 0 Å². The zero-order valence-corrected chi connectivity index (χ0v) is 17.7. The number of hydrogen-bond acceptors (Lipinski definition) is 9. The number of carbonyl (C=O) groups is 2. The number of fused-ring (bicyclic) bond motifs is 1. The molecule has 2 aromatic heterocycles. The fraction of sp³-hybridized carbons (Fsp3) is 0.562. The second-order valence-electron chi connectivity index (χ2n) is 7.18. The molecule has 3 rings (SSSR count). The molecule has 1 fully saturated rings. The maximum Gasteiger partial charge on any atom is 0.469 e. The molecular formula is C16H22N5O9P. The SMILES string of the molecule is CC(=O)O[C@H]1C[C@H](n2cnc3c(=O)[nH]c(NC(=O)C(C)C)nc32)O[C@@H]1COP(=O)(O)O. The second kappa shape index (κ2) is 8.85. The molecule has 0 spiro atoms. The highest BCUT2D eigenvalue weighted by Crippen LogP contribution is 2.39. The van der Waals surface area contributed by atoms with Crippen LogP contribution in [0.3, 0.4) is 0 Å². The molecule has 1 saturated heterocycles. The smallest absolute Gasteiger partial charge is 0.460 e. The van der Waals surface area contributed by atoms with E-state index >= 15 is 0 Å². The van der Waals surface area contributed by atoms with Gasteiger partial charge in [0.25, 0.3) is 5.56 Å². The number of ether oxygens (including phenoxy) is 2. The molecule has 4 N–H and O–H groups in total. The van der Waals surface area contributed by atoms with E-state index in [1.54, 1.807) is 13.8 Å². The van der Waals surface area contributed by atoms with Gasteiger partial charge in [-0.1, -0.05) is 13.8 Å². The Morgan fingerprint density at radius 1 is 1.45 bits per heavy atom. The van der Waals surface area contributed by atoms with Crippen molar-refractivity contribution in [3.8, 4) is 0 Å². The summed E-state index contributed by atoms with van der Waals surface area (Å²) in [6, 6.07) is 0. The van der Waals surface area contributed by atoms with Gasteiger partial charge in [0, 0.05) is 19.3 Å². The average molecular weight is 459 g/mol. The van der Waals surface area contributed by atoms with Crippen molar-refractivity contribution in [3.63, 3.8) is 0 Å². The summed E-state index contributed by atoms with van der Waals surface area (Å²) in [7, 11) is -4.77. The summed E-state index contributed by atoms with van der Waals surface area (Å²) in [4.78, 5) is 64.2. The number of anilines is 1. The molecule has 0 bridgehead atoms. The van der Waals surface area contributed by atoms with Crippen LogP contribution in [0, 0.1) is 5.92 Å². The summed E-state index contributed by atoms with van der Waals surface area (Å²) in [5.74, 6) is -1.38. The molecule has 14 nitrogen and oxygen atoms in total. The minimum Gasteiger partial charge on any atom is -0.460 e. The first kappa shape index (κ1) is 23.0. The molecular weight excluding hydrogens is 437 g/mol. The lowest BCUT2D eigenvalue weighted by Gasteiger charge is -2.18. The van der Waals surface area contributed by atoms with Crippen LogP contribution in [0.5, 0.6) is 0 Å². The number of rotatable bonds is 7. The van der Waals surface area contributed by atoms with E-state index in [0.717, 1.165) is 0 Å². The van der Waals surface area contributed by atoms with E-state index in [2.05, 4.69) is 24.8 Å². The van der Waals surface area contributed by atoms with Crippen molar-refractivity contribution in [1.82, 2.24) is 19.5 Å². The molecule has 15 heteroatoms. The quantitative estimate of drug-likeness (QED) is 0.322. The van der Waals surface area contributed by atoms with E-state index in [1.165, 1.54) is 17.8 Å². The normalized spacial score (nSPS) is 21.5. The lowest BCUT2D eigenvalue weighted by Crippen LogP contribution is -2.30. The Balaban J connectivity index is 1.90. The van der Waals surface area contributed by atoms with Gasteiger partial charge < -0.3 is 19.3 Å². The van der Waals surface area contributed by atoms with Crippen molar-refractivity contribution >= 4 is 36.8 Å². The van der Waals surface area contributed by atoms with Gasteiger partial charge in [0.2, 0.25) is 11.9 Å². The predicted molar refractivity (Wildman–Crippen MR) is 104 cm³/mol. The first-order chi connectivity index (χ1) is 14.4. The number of phosphoric acid groups is 1. The van der Waals surface area contributed by atoms with Crippen LogP contribution in [0.4, 0.5) is 5.95 Å². The summed E-state index contributed by atoms with van der Waals surface area (Å²) in [6.07, 6.45) is -1.30. The van der Waals surface area contributed by atoms with Gasteiger partial charge in [-0.15, -0.1) is 0 Å². The Morgan fingerprint density at radius 3 is 2.77 bits per heavy atom. The molecule has 3 heterocycles. The molecule has 0 radical (unpaired) electrons. The molecule has 0 saturated carbocycles. The molecule has 1 aliphatic heterocycles. The molecule has 31 heavy (non-hydrogen) atoms. The van der Waals surface area contributed by atoms with E-state index < -0.39 is 44.4 Å². The number of imidazole rings is 1. The van der Waals surface area contributed by atoms with Crippen molar-refractivity contribution in [2.45, 2.75) is 45.6 Å². The van der Waals surface area contributed by atoms with Crippen molar-refractivity contribution < 1.29 is 37.9 Å². The van der Waals surface area contributed by atoms with Gasteiger partial charge in [0.1, 0.15) is 18.4 Å². The number of carbonyl (C=O) groups excluding carboxylic acids is 2. The summed E-state index contributed by atoms with van der Waals surface area (Å²) in [5.41, 5.74) is -0.491. The van der Waals surface area contributed by atoms with E-state index in [-0.39, 0.29) is 35.4 Å². The largest absolute Gasteiger partial charge is 0.469 e. The Hall–Kier alpha value is -2.64. The number of aromatic amines is 1. The van der Waals surface area contributed by atoms with Crippen molar-refractivity contribution in [3.05, 3.63) is 16.7 Å². The highest BCUT2D eigenvalue weighted by molar-refractivity contribution is 7.46. The van der Waals surface area contributed by atoms with Crippen LogP contribution in [-0.2, 0) is 28.2 Å². The highest BCUT2D eigenvalue weighted by Gasteiger charge is 2.40. The van der Waals surface area contributed by atoms with E-state index in [4.69, 9.17) is 19.3 Å². The van der Waals surface area contributed by atoms with Gasteiger partial charge in [0.05, 0.1) is 12.9 Å². The standard InChI is InChI=1S/C16H22N5O9P/c1-7(2)14(23)19-16-18-13-12(15(24)20-16)17-6-21(13)11-4-9(29-8(3)22)10(30-11)5-28-31(25,26)27/h6-7,9-11H,4-5H2,1-3H3,(H2,25,26,27)(H2,18,19,20,23,24)/t9-,10+,11+/m0/s1. The first-order valence-electron chi connectivity index (χ1n) is 9.25. The molecule has 0 aromatic carbocycles. The Bertz CT molecular complexity index is 1090. The van der Waals surface area contributed by atoms with Crippen molar-refractivity contribution in [2.24, 2.45) is 5.92 Å². The van der Waals surface area contributed by atoms with Gasteiger partial charge in [-0.05, 0) is 0 Å². The third kappa shape index (κ3) is 5.54. The second-order valence-corrected chi connectivity index (χ2v) is 8.42. The number of H-pyrrole nitrogens is 1. The molecule has 3 atom stereocenters. The van der Waals surface area contributed by atoms with Crippen molar-refractivity contribution in [2.75, 3.05) is 11.9 Å². The fourth-order valence-electron chi connectivity index (χ4n) is 2.99. The number of phosphoric ester groups is 1. The Labute approximate surface area is 175 Å². The van der Waals surface area contributed by atoms with Gasteiger partial charge in [0.15, 0.2) is 11.2 Å². The highest BCUT2D eigenvalue weighted by atomic mass is 31.2. The summed E-state index contributed by atoms with van der Waals surface area (Å²) in [6.45, 7) is 4.01. The summed E-state index contributed by atoms with van der Waals surface area (Å²) < 4.78 is 27.9. The molecule has 170 valence electrons. The third-order valence-corrected chi connectivity index (χ3v) is 4.90. The van der Waals surface area contributed by atoms with Crippen LogP contribution in [0.15, 0.2) is 11.1 Å². The van der Waals surface area contributed by atoms with Crippen LogP contribution >= 0.6 is 7.82 Å². The zero-order chi connectivity index (χ0) is 22.9. The van der Waals surface area contributed by atoms with E-state index in [1.807, 2.05) is 0 Å². The Morgan fingerprint density at radius 2 is 2.16 bits per heavy atom. The third-order valence-electron chi connectivity index (χ3n) is 4.41. The van der Waals surface area contributed by atoms with Crippen LogP contribution in [0.2, 0.25) is 0 Å². The number of amides is 1. The van der Waals surface area contributed by atoms with Gasteiger partial charge in [-0.2, -0.15) is 4.98 Å². The number of nitrogens with zero attached hydrogens (tertiary/aromatic N) is 3. The van der Waals surface area contributed by atoms with Crippen molar-refractivity contribution in [1.29, 1.82) is 0 Å². The Kier molecular flexibility index (Phi) is 6.57. The topological polar surface area (TPSA) is 195 Å². The average Bonchev–Trinajstić information content (AvgIpc) is 3.23. The van der Waals surface area contributed by atoms with E-state index in [9.17, 15) is 18.9 Å². The van der Waals surface area contributed by atoms with Crippen LogP contribution in [0.1, 0.15) is 33.4 Å². The molecule has 0 unspecified atom stereocenters. The predicted octanol–water partition coefficient (Wildman–Crippen LogP) is 0.0426. The van der Waals surface area contributed by atoms with Crippen LogP contribution < -0.4 is 10.9 Å². The fourth-order valence-corrected chi connectivity index (χ4v) is 3.33. The molecule has 0 aliphatic carbocycles. The number of aromatic nitrogens is 4. The maximum absolute atomic E-state index is 12.3. The number of nitrogens with one attached hydrogen (secondary N) is 2. The zero-order valence-electron chi connectivity index (χ0n) is 16.8. The summed E-state index contributed by atoms with van der Waals surface area (Å²) >= 11 is 0. The lowest BCUT2D eigenvalue weighted by atomic mass is 10.2. The van der Waals surface area contributed by atoms with Crippen LogP contribution in [0.25, 0.3) is 11.2 Å². The van der Waals surface area contributed by atoms with Gasteiger partial charge >= 0.3 is 13.8 Å². The van der Waals surface area contributed by atoms with Crippen LogP contribution in [-0.4, -0.2) is 60.0 Å². The molecule has 1 aliphatic rings. The van der Waals surface area contributed by atoms with Gasteiger partial charge in [-0.25, -0.2) is 9.55 Å². The first-order valence-corrected chi connectivity index (χ1v) is 10.8.